The first-order valence-corrected chi connectivity index (χ1v) is 4.95. The van der Waals surface area contributed by atoms with Crippen LogP contribution in [0, 0.1) is 0 Å². The highest BCUT2D eigenvalue weighted by Crippen LogP contribution is 2.20. The Labute approximate surface area is 82.7 Å². The van der Waals surface area contributed by atoms with Crippen LogP contribution in [0.15, 0.2) is 6.20 Å². The van der Waals surface area contributed by atoms with Crippen molar-refractivity contribution in [2.45, 2.75) is 31.9 Å². The molecule has 0 aromatic carbocycles. The number of nitrogens with zero attached hydrogens (tertiary/aromatic N) is 3. The van der Waals surface area contributed by atoms with Crippen LogP contribution in [-0.2, 0) is 4.74 Å². The van der Waals surface area contributed by atoms with Gasteiger partial charge in [0.25, 0.3) is 0 Å². The molecule has 1 fully saturated rings. The molecule has 0 amide bonds. The Hall–Kier alpha value is -0.940. The molecule has 1 aliphatic rings. The summed E-state index contributed by atoms with van der Waals surface area (Å²) in [6.07, 6.45) is 3.23. The van der Waals surface area contributed by atoms with Crippen LogP contribution < -0.4 is 0 Å². The van der Waals surface area contributed by atoms with Crippen molar-refractivity contribution in [1.29, 1.82) is 0 Å². The van der Waals surface area contributed by atoms with Crippen molar-refractivity contribution in [2.75, 3.05) is 13.2 Å². The SMILES string of the molecule is CC(O)c1cn(C2CCOCC2)nn1. The highest BCUT2D eigenvalue weighted by molar-refractivity contribution is 4.96. The van der Waals surface area contributed by atoms with Gasteiger partial charge in [0.15, 0.2) is 0 Å². The van der Waals surface area contributed by atoms with Crippen molar-refractivity contribution >= 4 is 0 Å². The fourth-order valence-corrected chi connectivity index (χ4v) is 1.61. The topological polar surface area (TPSA) is 60.2 Å². The molecule has 1 aromatic rings. The monoisotopic (exact) mass is 197 g/mol. The number of hydrogen-bond donors (Lipinski definition) is 1. The standard InChI is InChI=1S/C9H15N3O2/c1-7(13)9-6-12(11-10-9)8-2-4-14-5-3-8/h6-8,13H,2-5H2,1H3. The summed E-state index contributed by atoms with van der Waals surface area (Å²) in [5.41, 5.74) is 0.636. The molecule has 0 radical (unpaired) electrons. The average Bonchev–Trinajstić information content (AvgIpc) is 2.68. The molecule has 5 nitrogen and oxygen atoms in total. The molecule has 78 valence electrons. The summed E-state index contributed by atoms with van der Waals surface area (Å²) in [6, 6.07) is 0.378. The first-order chi connectivity index (χ1) is 6.77. The highest BCUT2D eigenvalue weighted by atomic mass is 16.5. The summed E-state index contributed by atoms with van der Waals surface area (Å²) in [7, 11) is 0. The Kier molecular flexibility index (Phi) is 2.79. The van der Waals surface area contributed by atoms with Gasteiger partial charge in [0.05, 0.1) is 18.3 Å². The van der Waals surface area contributed by atoms with Gasteiger partial charge in [-0.05, 0) is 19.8 Å². The van der Waals surface area contributed by atoms with E-state index >= 15 is 0 Å². The second kappa shape index (κ2) is 4.06. The van der Waals surface area contributed by atoms with Crippen molar-refractivity contribution in [2.24, 2.45) is 0 Å². The van der Waals surface area contributed by atoms with Crippen LogP contribution in [0.5, 0.6) is 0 Å². The second-order valence-electron chi connectivity index (χ2n) is 3.64. The fourth-order valence-electron chi connectivity index (χ4n) is 1.61. The Morgan fingerprint density at radius 2 is 2.29 bits per heavy atom. The van der Waals surface area contributed by atoms with Crippen LogP contribution in [-0.4, -0.2) is 33.3 Å². The summed E-state index contributed by atoms with van der Waals surface area (Å²) < 4.78 is 7.10. The molecule has 0 saturated carbocycles. The molecule has 1 N–H and O–H groups in total. The fraction of sp³-hybridized carbons (Fsp3) is 0.778. The van der Waals surface area contributed by atoms with Gasteiger partial charge in [-0.2, -0.15) is 0 Å². The number of aliphatic hydroxyl groups excluding tert-OH is 1. The molecule has 1 atom stereocenters. The molecule has 1 unspecified atom stereocenters. The molecule has 0 aliphatic carbocycles. The summed E-state index contributed by atoms with van der Waals surface area (Å²) in [4.78, 5) is 0. The largest absolute Gasteiger partial charge is 0.387 e. The van der Waals surface area contributed by atoms with Crippen molar-refractivity contribution < 1.29 is 9.84 Å². The van der Waals surface area contributed by atoms with Crippen LogP contribution in [0.4, 0.5) is 0 Å². The van der Waals surface area contributed by atoms with Gasteiger partial charge in [-0.3, -0.25) is 0 Å². The van der Waals surface area contributed by atoms with E-state index in [1.807, 2.05) is 10.9 Å². The summed E-state index contributed by atoms with van der Waals surface area (Å²) in [5, 5.41) is 17.2. The number of aromatic nitrogens is 3. The molecule has 2 rings (SSSR count). The van der Waals surface area contributed by atoms with Gasteiger partial charge < -0.3 is 9.84 Å². The minimum Gasteiger partial charge on any atom is -0.387 e. The average molecular weight is 197 g/mol. The van der Waals surface area contributed by atoms with E-state index in [1.54, 1.807) is 6.92 Å². The maximum atomic E-state index is 9.29. The number of aliphatic hydroxyl groups is 1. The number of rotatable bonds is 2. The van der Waals surface area contributed by atoms with Gasteiger partial charge in [0.1, 0.15) is 5.69 Å². The molecule has 0 bridgehead atoms. The minimum atomic E-state index is -0.538. The molecular formula is C9H15N3O2. The molecule has 2 heterocycles. The third kappa shape index (κ3) is 1.93. The molecule has 1 saturated heterocycles. The zero-order chi connectivity index (χ0) is 9.97. The maximum Gasteiger partial charge on any atom is 0.111 e. The maximum absolute atomic E-state index is 9.29. The first kappa shape index (κ1) is 9.61. The predicted octanol–water partition coefficient (Wildman–Crippen LogP) is 0.683. The van der Waals surface area contributed by atoms with E-state index < -0.39 is 6.10 Å². The highest BCUT2D eigenvalue weighted by Gasteiger charge is 2.17. The molecular weight excluding hydrogens is 182 g/mol. The Balaban J connectivity index is 2.07. The summed E-state index contributed by atoms with van der Waals surface area (Å²) in [6.45, 7) is 3.27. The van der Waals surface area contributed by atoms with Gasteiger partial charge in [-0.15, -0.1) is 5.10 Å². The smallest absolute Gasteiger partial charge is 0.111 e. The molecule has 0 spiro atoms. The van der Waals surface area contributed by atoms with E-state index in [9.17, 15) is 5.11 Å². The van der Waals surface area contributed by atoms with E-state index in [-0.39, 0.29) is 0 Å². The lowest BCUT2D eigenvalue weighted by molar-refractivity contribution is 0.0657. The van der Waals surface area contributed by atoms with Gasteiger partial charge in [0.2, 0.25) is 0 Å². The quantitative estimate of drug-likeness (QED) is 0.757. The van der Waals surface area contributed by atoms with Crippen molar-refractivity contribution in [3.05, 3.63) is 11.9 Å². The molecule has 5 heteroatoms. The zero-order valence-electron chi connectivity index (χ0n) is 8.26. The summed E-state index contributed by atoms with van der Waals surface area (Å²) >= 11 is 0. The lowest BCUT2D eigenvalue weighted by Crippen LogP contribution is -2.20. The third-order valence-corrected chi connectivity index (χ3v) is 2.52. The Morgan fingerprint density at radius 3 is 2.86 bits per heavy atom. The van der Waals surface area contributed by atoms with Gasteiger partial charge in [-0.25, -0.2) is 4.68 Å². The van der Waals surface area contributed by atoms with Crippen molar-refractivity contribution in [3.63, 3.8) is 0 Å². The normalized spacial score (nSPS) is 21.0. The molecule has 1 aromatic heterocycles. The van der Waals surface area contributed by atoms with Gasteiger partial charge in [0, 0.05) is 13.2 Å². The molecule has 14 heavy (non-hydrogen) atoms. The van der Waals surface area contributed by atoms with E-state index in [0.29, 0.717) is 11.7 Å². The second-order valence-corrected chi connectivity index (χ2v) is 3.64. The number of hydrogen-bond acceptors (Lipinski definition) is 4. The van der Waals surface area contributed by atoms with E-state index in [1.165, 1.54) is 0 Å². The van der Waals surface area contributed by atoms with Crippen LogP contribution in [0.1, 0.15) is 37.6 Å². The van der Waals surface area contributed by atoms with Gasteiger partial charge in [-0.1, -0.05) is 5.21 Å². The van der Waals surface area contributed by atoms with Crippen molar-refractivity contribution in [3.8, 4) is 0 Å². The molecule has 1 aliphatic heterocycles. The lowest BCUT2D eigenvalue weighted by Gasteiger charge is -2.21. The first-order valence-electron chi connectivity index (χ1n) is 4.95. The summed E-state index contributed by atoms with van der Waals surface area (Å²) in [5.74, 6) is 0. The Morgan fingerprint density at radius 1 is 1.57 bits per heavy atom. The van der Waals surface area contributed by atoms with Crippen LogP contribution in [0.25, 0.3) is 0 Å². The Bertz CT molecular complexity index is 292. The van der Waals surface area contributed by atoms with Crippen LogP contribution in [0.3, 0.4) is 0 Å². The minimum absolute atomic E-state index is 0.378. The van der Waals surface area contributed by atoms with E-state index in [2.05, 4.69) is 10.3 Å². The van der Waals surface area contributed by atoms with Crippen LogP contribution in [0.2, 0.25) is 0 Å². The van der Waals surface area contributed by atoms with E-state index in [4.69, 9.17) is 4.74 Å². The van der Waals surface area contributed by atoms with Crippen molar-refractivity contribution in [1.82, 2.24) is 15.0 Å². The lowest BCUT2D eigenvalue weighted by atomic mass is 10.1. The predicted molar refractivity (Wildman–Crippen MR) is 49.7 cm³/mol. The third-order valence-electron chi connectivity index (χ3n) is 2.52. The van der Waals surface area contributed by atoms with E-state index in [0.717, 1.165) is 26.1 Å². The number of ether oxygens (including phenoxy) is 1. The van der Waals surface area contributed by atoms with Crippen LogP contribution >= 0.6 is 0 Å². The van der Waals surface area contributed by atoms with Gasteiger partial charge >= 0.3 is 0 Å². The zero-order valence-corrected chi connectivity index (χ0v) is 8.26.